The van der Waals surface area contributed by atoms with Crippen molar-refractivity contribution >= 4 is 5.82 Å². The van der Waals surface area contributed by atoms with Crippen molar-refractivity contribution in [2.45, 2.75) is 26.2 Å². The number of aromatic nitrogens is 2. The lowest BCUT2D eigenvalue weighted by Crippen LogP contribution is -2.04. The Morgan fingerprint density at radius 2 is 2.33 bits per heavy atom. The molecule has 3 heteroatoms. The van der Waals surface area contributed by atoms with Crippen molar-refractivity contribution in [2.24, 2.45) is 0 Å². The number of anilines is 1. The average Bonchev–Trinajstić information content (AvgIpc) is 2.53. The maximum absolute atomic E-state index is 4.25. The van der Waals surface area contributed by atoms with Crippen molar-refractivity contribution in [1.82, 2.24) is 9.97 Å². The molecule has 1 aromatic rings. The second-order valence-corrected chi connectivity index (χ2v) is 3.03. The fourth-order valence-corrected chi connectivity index (χ4v) is 1.68. The Morgan fingerprint density at radius 3 is 3.17 bits per heavy atom. The largest absolute Gasteiger partial charge is 0.370 e. The van der Waals surface area contributed by atoms with Gasteiger partial charge in [0.05, 0.1) is 0 Å². The Kier molecular flexibility index (Phi) is 1.94. The van der Waals surface area contributed by atoms with Crippen molar-refractivity contribution in [1.29, 1.82) is 0 Å². The lowest BCUT2D eigenvalue weighted by molar-refractivity contribution is 0.899. The molecule has 1 aliphatic carbocycles. The van der Waals surface area contributed by atoms with Gasteiger partial charge in [0.25, 0.3) is 0 Å². The van der Waals surface area contributed by atoms with Crippen molar-refractivity contribution in [2.75, 3.05) is 11.9 Å². The smallest absolute Gasteiger partial charge is 0.132 e. The van der Waals surface area contributed by atoms with Gasteiger partial charge >= 0.3 is 0 Å². The van der Waals surface area contributed by atoms with Crippen LogP contribution in [0.15, 0.2) is 6.33 Å². The van der Waals surface area contributed by atoms with E-state index in [1.807, 2.05) is 0 Å². The summed E-state index contributed by atoms with van der Waals surface area (Å²) in [6.45, 7) is 3.02. The minimum atomic E-state index is 0.934. The molecule has 0 unspecified atom stereocenters. The van der Waals surface area contributed by atoms with Gasteiger partial charge in [-0.3, -0.25) is 0 Å². The van der Waals surface area contributed by atoms with Crippen LogP contribution in [-0.2, 0) is 12.8 Å². The predicted molar refractivity (Wildman–Crippen MR) is 48.2 cm³/mol. The van der Waals surface area contributed by atoms with Crippen LogP contribution in [0, 0.1) is 0 Å². The third-order valence-electron chi connectivity index (χ3n) is 2.22. The lowest BCUT2D eigenvalue weighted by Gasteiger charge is -2.06. The molecular formula is C9H13N3. The van der Waals surface area contributed by atoms with E-state index in [0.29, 0.717) is 0 Å². The molecule has 0 radical (unpaired) electrons. The molecule has 0 saturated heterocycles. The third kappa shape index (κ3) is 1.15. The fourth-order valence-electron chi connectivity index (χ4n) is 1.68. The monoisotopic (exact) mass is 163 g/mol. The summed E-state index contributed by atoms with van der Waals surface area (Å²) in [6.07, 6.45) is 5.14. The minimum absolute atomic E-state index is 0.934. The second-order valence-electron chi connectivity index (χ2n) is 3.03. The molecule has 0 atom stereocenters. The number of aryl methyl sites for hydroxylation is 1. The van der Waals surface area contributed by atoms with Crippen LogP contribution in [0.2, 0.25) is 0 Å². The molecule has 3 nitrogen and oxygen atoms in total. The molecule has 0 aromatic carbocycles. The average molecular weight is 163 g/mol. The zero-order chi connectivity index (χ0) is 8.39. The standard InChI is InChI=1S/C9H13N3/c1-2-10-9-7-4-3-5-8(7)11-6-12-9/h6H,2-5H2,1H3,(H,10,11,12). The number of fused-ring (bicyclic) bond motifs is 1. The highest BCUT2D eigenvalue weighted by molar-refractivity contribution is 5.47. The van der Waals surface area contributed by atoms with Gasteiger partial charge in [0.1, 0.15) is 12.1 Å². The Labute approximate surface area is 72.2 Å². The van der Waals surface area contributed by atoms with Crippen LogP contribution in [0.25, 0.3) is 0 Å². The zero-order valence-corrected chi connectivity index (χ0v) is 7.30. The van der Waals surface area contributed by atoms with Crippen molar-refractivity contribution in [3.05, 3.63) is 17.6 Å². The van der Waals surface area contributed by atoms with E-state index >= 15 is 0 Å². The number of nitrogens with one attached hydrogen (secondary N) is 1. The van der Waals surface area contributed by atoms with Crippen LogP contribution in [0.3, 0.4) is 0 Å². The normalized spacial score (nSPS) is 14.4. The first-order chi connectivity index (χ1) is 5.92. The summed E-state index contributed by atoms with van der Waals surface area (Å²) < 4.78 is 0. The van der Waals surface area contributed by atoms with Crippen LogP contribution >= 0.6 is 0 Å². The van der Waals surface area contributed by atoms with Gasteiger partial charge in [-0.15, -0.1) is 0 Å². The predicted octanol–water partition coefficient (Wildman–Crippen LogP) is 1.40. The first-order valence-electron chi connectivity index (χ1n) is 4.48. The van der Waals surface area contributed by atoms with Crippen LogP contribution in [0.4, 0.5) is 5.82 Å². The van der Waals surface area contributed by atoms with E-state index in [1.165, 1.54) is 17.7 Å². The van der Waals surface area contributed by atoms with Crippen molar-refractivity contribution < 1.29 is 0 Å². The Balaban J connectivity index is 2.36. The van der Waals surface area contributed by atoms with Gasteiger partial charge < -0.3 is 5.32 Å². The molecule has 12 heavy (non-hydrogen) atoms. The summed E-state index contributed by atoms with van der Waals surface area (Å²) in [7, 11) is 0. The van der Waals surface area contributed by atoms with Crippen LogP contribution in [0.1, 0.15) is 24.6 Å². The topological polar surface area (TPSA) is 37.8 Å². The molecule has 1 heterocycles. The molecule has 0 saturated carbocycles. The molecule has 0 spiro atoms. The van der Waals surface area contributed by atoms with Gasteiger partial charge in [-0.1, -0.05) is 0 Å². The molecule has 2 rings (SSSR count). The Bertz CT molecular complexity index is 283. The molecule has 0 aliphatic heterocycles. The molecular weight excluding hydrogens is 150 g/mol. The van der Waals surface area contributed by atoms with Crippen LogP contribution in [-0.4, -0.2) is 16.5 Å². The highest BCUT2D eigenvalue weighted by atomic mass is 15.0. The van der Waals surface area contributed by atoms with E-state index in [9.17, 15) is 0 Å². The highest BCUT2D eigenvalue weighted by Crippen LogP contribution is 2.24. The summed E-state index contributed by atoms with van der Waals surface area (Å²) in [5.74, 6) is 1.04. The summed E-state index contributed by atoms with van der Waals surface area (Å²) in [5.41, 5.74) is 2.57. The van der Waals surface area contributed by atoms with Crippen LogP contribution in [0.5, 0.6) is 0 Å². The van der Waals surface area contributed by atoms with E-state index in [1.54, 1.807) is 6.33 Å². The van der Waals surface area contributed by atoms with Gasteiger partial charge in [-0.05, 0) is 26.2 Å². The van der Waals surface area contributed by atoms with Gasteiger partial charge in [0.15, 0.2) is 0 Å². The maximum atomic E-state index is 4.25. The second kappa shape index (κ2) is 3.09. The molecule has 0 amide bonds. The Morgan fingerprint density at radius 1 is 1.42 bits per heavy atom. The lowest BCUT2D eigenvalue weighted by atomic mass is 10.2. The fraction of sp³-hybridized carbons (Fsp3) is 0.556. The number of rotatable bonds is 2. The van der Waals surface area contributed by atoms with E-state index in [2.05, 4.69) is 22.2 Å². The number of nitrogens with zero attached hydrogens (tertiary/aromatic N) is 2. The molecule has 0 bridgehead atoms. The summed E-state index contributed by atoms with van der Waals surface area (Å²) >= 11 is 0. The zero-order valence-electron chi connectivity index (χ0n) is 7.30. The SMILES string of the molecule is CCNc1ncnc2c1CCC2. The Hall–Kier alpha value is -1.12. The van der Waals surface area contributed by atoms with Gasteiger partial charge in [0.2, 0.25) is 0 Å². The van der Waals surface area contributed by atoms with E-state index < -0.39 is 0 Å². The molecule has 1 N–H and O–H groups in total. The first-order valence-corrected chi connectivity index (χ1v) is 4.48. The third-order valence-corrected chi connectivity index (χ3v) is 2.22. The summed E-state index contributed by atoms with van der Waals surface area (Å²) in [6, 6.07) is 0. The van der Waals surface area contributed by atoms with E-state index in [-0.39, 0.29) is 0 Å². The molecule has 64 valence electrons. The van der Waals surface area contributed by atoms with Gasteiger partial charge in [-0.2, -0.15) is 0 Å². The van der Waals surface area contributed by atoms with Gasteiger partial charge in [0, 0.05) is 17.8 Å². The first kappa shape index (κ1) is 7.53. The summed E-state index contributed by atoms with van der Waals surface area (Å²) in [4.78, 5) is 8.47. The summed E-state index contributed by atoms with van der Waals surface area (Å²) in [5, 5.41) is 3.26. The molecule has 0 fully saturated rings. The number of hydrogen-bond acceptors (Lipinski definition) is 3. The molecule has 1 aliphatic rings. The quantitative estimate of drug-likeness (QED) is 0.716. The highest BCUT2D eigenvalue weighted by Gasteiger charge is 2.15. The molecule has 1 aromatic heterocycles. The van der Waals surface area contributed by atoms with Crippen molar-refractivity contribution in [3.63, 3.8) is 0 Å². The minimum Gasteiger partial charge on any atom is -0.370 e. The van der Waals surface area contributed by atoms with Crippen molar-refractivity contribution in [3.8, 4) is 0 Å². The van der Waals surface area contributed by atoms with E-state index in [4.69, 9.17) is 0 Å². The van der Waals surface area contributed by atoms with E-state index in [0.717, 1.165) is 25.2 Å². The maximum Gasteiger partial charge on any atom is 0.132 e. The van der Waals surface area contributed by atoms with Crippen LogP contribution < -0.4 is 5.32 Å². The van der Waals surface area contributed by atoms with Gasteiger partial charge in [-0.25, -0.2) is 9.97 Å². The number of hydrogen-bond donors (Lipinski definition) is 1.